The number of aromatic nitrogens is 1. The molecule has 0 amide bonds. The highest BCUT2D eigenvalue weighted by molar-refractivity contribution is 5.95. The van der Waals surface area contributed by atoms with Crippen molar-refractivity contribution in [2.75, 3.05) is 0 Å². The summed E-state index contributed by atoms with van der Waals surface area (Å²) in [6, 6.07) is 5.92. The first kappa shape index (κ1) is 11.3. The Morgan fingerprint density at radius 3 is 2.78 bits per heavy atom. The van der Waals surface area contributed by atoms with Crippen LogP contribution in [0.2, 0.25) is 0 Å². The van der Waals surface area contributed by atoms with Gasteiger partial charge in [-0.05, 0) is 56.9 Å². The molecule has 1 heterocycles. The third kappa shape index (κ3) is 1.47. The number of carboxylic acid groups (broad SMARTS) is 1. The van der Waals surface area contributed by atoms with Crippen LogP contribution < -0.4 is 0 Å². The number of aromatic carboxylic acids is 1. The van der Waals surface area contributed by atoms with Crippen molar-refractivity contribution in [3.05, 3.63) is 35.0 Å². The number of aryl methyl sites for hydroxylation is 1. The van der Waals surface area contributed by atoms with Crippen LogP contribution in [-0.2, 0) is 12.8 Å². The van der Waals surface area contributed by atoms with Gasteiger partial charge in [-0.1, -0.05) is 0 Å². The summed E-state index contributed by atoms with van der Waals surface area (Å²) in [5.74, 6) is -0.846. The van der Waals surface area contributed by atoms with Gasteiger partial charge in [-0.3, -0.25) is 0 Å². The fourth-order valence-corrected chi connectivity index (χ4v) is 3.14. The van der Waals surface area contributed by atoms with Crippen LogP contribution in [-0.4, -0.2) is 15.6 Å². The van der Waals surface area contributed by atoms with Crippen molar-refractivity contribution in [2.24, 2.45) is 0 Å². The zero-order chi connectivity index (χ0) is 12.9. The van der Waals surface area contributed by atoms with Gasteiger partial charge in [0.2, 0.25) is 0 Å². The number of nitrogens with zero attached hydrogens (tertiary/aromatic N) is 1. The van der Waals surface area contributed by atoms with Crippen molar-refractivity contribution < 1.29 is 9.90 Å². The Morgan fingerprint density at radius 2 is 2.11 bits per heavy atom. The Hall–Kier alpha value is -1.77. The summed E-state index contributed by atoms with van der Waals surface area (Å²) in [5.41, 5.74) is 4.34. The number of fused-ring (bicyclic) bond motifs is 3. The van der Waals surface area contributed by atoms with E-state index in [9.17, 15) is 4.79 Å². The number of benzene rings is 1. The van der Waals surface area contributed by atoms with E-state index in [1.54, 1.807) is 6.07 Å². The van der Waals surface area contributed by atoms with Crippen LogP contribution in [0.4, 0.5) is 0 Å². The highest BCUT2D eigenvalue weighted by Gasteiger charge is 2.23. The van der Waals surface area contributed by atoms with Crippen LogP contribution in [0.15, 0.2) is 18.2 Å². The van der Waals surface area contributed by atoms with Crippen molar-refractivity contribution in [1.82, 2.24) is 4.57 Å². The number of hydrogen-bond acceptors (Lipinski definition) is 1. The molecule has 0 fully saturated rings. The Balaban J connectivity index is 2.34. The summed E-state index contributed by atoms with van der Waals surface area (Å²) in [6.45, 7) is 4.37. The smallest absolute Gasteiger partial charge is 0.335 e. The van der Waals surface area contributed by atoms with E-state index in [1.807, 2.05) is 12.1 Å². The maximum absolute atomic E-state index is 11.1. The normalized spacial score (nSPS) is 14.4. The molecule has 3 nitrogen and oxygen atoms in total. The van der Waals surface area contributed by atoms with Gasteiger partial charge >= 0.3 is 5.97 Å². The Morgan fingerprint density at radius 1 is 1.33 bits per heavy atom. The van der Waals surface area contributed by atoms with E-state index in [-0.39, 0.29) is 0 Å². The third-order valence-electron chi connectivity index (χ3n) is 3.82. The van der Waals surface area contributed by atoms with Gasteiger partial charge in [0.05, 0.1) is 5.56 Å². The highest BCUT2D eigenvalue weighted by atomic mass is 16.4. The van der Waals surface area contributed by atoms with Gasteiger partial charge in [0.15, 0.2) is 0 Å². The molecule has 0 saturated carbocycles. The van der Waals surface area contributed by atoms with Crippen LogP contribution in [0.5, 0.6) is 0 Å². The number of carbonyl (C=O) groups is 1. The monoisotopic (exact) mass is 243 g/mol. The van der Waals surface area contributed by atoms with E-state index in [1.165, 1.54) is 23.2 Å². The van der Waals surface area contributed by atoms with E-state index in [0.717, 1.165) is 18.2 Å². The van der Waals surface area contributed by atoms with Gasteiger partial charge in [0.25, 0.3) is 0 Å². The lowest BCUT2D eigenvalue weighted by Gasteiger charge is -2.13. The first-order valence-electron chi connectivity index (χ1n) is 6.48. The molecular weight excluding hydrogens is 226 g/mol. The number of rotatable bonds is 2. The van der Waals surface area contributed by atoms with Crippen molar-refractivity contribution in [2.45, 2.75) is 39.2 Å². The summed E-state index contributed by atoms with van der Waals surface area (Å²) < 4.78 is 2.36. The minimum atomic E-state index is -0.846. The maximum atomic E-state index is 11.1. The fraction of sp³-hybridized carbons (Fsp3) is 0.400. The van der Waals surface area contributed by atoms with Gasteiger partial charge in [-0.2, -0.15) is 0 Å². The van der Waals surface area contributed by atoms with E-state index >= 15 is 0 Å². The third-order valence-corrected chi connectivity index (χ3v) is 3.82. The summed E-state index contributed by atoms with van der Waals surface area (Å²) in [4.78, 5) is 11.1. The lowest BCUT2D eigenvalue weighted by atomic mass is 10.1. The average Bonchev–Trinajstić information content (AvgIpc) is 2.86. The van der Waals surface area contributed by atoms with Crippen molar-refractivity contribution in [3.63, 3.8) is 0 Å². The first-order chi connectivity index (χ1) is 8.59. The molecular formula is C15H17NO2. The van der Waals surface area contributed by atoms with Crippen LogP contribution in [0.25, 0.3) is 10.9 Å². The Labute approximate surface area is 106 Å². The molecule has 1 aliphatic carbocycles. The van der Waals surface area contributed by atoms with E-state index in [4.69, 9.17) is 5.11 Å². The molecule has 1 aliphatic rings. The topological polar surface area (TPSA) is 42.2 Å². The first-order valence-corrected chi connectivity index (χ1v) is 6.48. The fourth-order valence-electron chi connectivity index (χ4n) is 3.14. The zero-order valence-corrected chi connectivity index (χ0v) is 10.7. The quantitative estimate of drug-likeness (QED) is 0.878. The molecule has 0 atom stereocenters. The maximum Gasteiger partial charge on any atom is 0.335 e. The second-order valence-electron chi connectivity index (χ2n) is 5.28. The van der Waals surface area contributed by atoms with Crippen molar-refractivity contribution in [3.8, 4) is 0 Å². The van der Waals surface area contributed by atoms with E-state index < -0.39 is 5.97 Å². The van der Waals surface area contributed by atoms with Crippen LogP contribution in [0.1, 0.15) is 47.9 Å². The lowest BCUT2D eigenvalue weighted by molar-refractivity contribution is 0.0697. The second kappa shape index (κ2) is 3.87. The Bertz CT molecular complexity index is 637. The average molecular weight is 243 g/mol. The predicted molar refractivity (Wildman–Crippen MR) is 71.3 cm³/mol. The van der Waals surface area contributed by atoms with Crippen LogP contribution in [0, 0.1) is 0 Å². The summed E-state index contributed by atoms with van der Waals surface area (Å²) >= 11 is 0. The molecule has 1 N–H and O–H groups in total. The molecule has 3 heteroatoms. The highest BCUT2D eigenvalue weighted by Crippen LogP contribution is 2.35. The molecule has 0 aliphatic heterocycles. The molecule has 1 aromatic heterocycles. The Kier molecular flexibility index (Phi) is 2.44. The van der Waals surface area contributed by atoms with E-state index in [2.05, 4.69) is 18.4 Å². The molecule has 3 rings (SSSR count). The standard InChI is InChI=1S/C15H17NO2/c1-9(2)16-13-5-3-4-11(13)12-8-10(15(17)18)6-7-14(12)16/h6-9H,3-5H2,1-2H3,(H,17,18). The molecule has 1 aromatic carbocycles. The van der Waals surface area contributed by atoms with Crippen LogP contribution >= 0.6 is 0 Å². The summed E-state index contributed by atoms with van der Waals surface area (Å²) in [6.07, 6.45) is 3.38. The summed E-state index contributed by atoms with van der Waals surface area (Å²) in [5, 5.41) is 10.2. The zero-order valence-electron chi connectivity index (χ0n) is 10.7. The number of hydrogen-bond donors (Lipinski definition) is 1. The summed E-state index contributed by atoms with van der Waals surface area (Å²) in [7, 11) is 0. The molecule has 18 heavy (non-hydrogen) atoms. The molecule has 2 aromatic rings. The van der Waals surface area contributed by atoms with Crippen molar-refractivity contribution >= 4 is 16.9 Å². The second-order valence-corrected chi connectivity index (χ2v) is 5.28. The molecule has 0 spiro atoms. The largest absolute Gasteiger partial charge is 0.478 e. The van der Waals surface area contributed by atoms with Gasteiger partial charge < -0.3 is 9.67 Å². The lowest BCUT2D eigenvalue weighted by Crippen LogP contribution is -2.04. The molecule has 0 bridgehead atoms. The SMILES string of the molecule is CC(C)n1c2c(c3cc(C(=O)O)ccc31)CCC2. The van der Waals surface area contributed by atoms with Gasteiger partial charge in [0, 0.05) is 22.6 Å². The van der Waals surface area contributed by atoms with Crippen molar-refractivity contribution in [1.29, 1.82) is 0 Å². The predicted octanol–water partition coefficient (Wildman–Crippen LogP) is 3.41. The molecule has 94 valence electrons. The number of carboxylic acids is 1. The van der Waals surface area contributed by atoms with Gasteiger partial charge in [-0.25, -0.2) is 4.79 Å². The molecule has 0 saturated heterocycles. The van der Waals surface area contributed by atoms with Gasteiger partial charge in [-0.15, -0.1) is 0 Å². The molecule has 0 unspecified atom stereocenters. The van der Waals surface area contributed by atoms with Gasteiger partial charge in [0.1, 0.15) is 0 Å². The minimum absolute atomic E-state index is 0.387. The minimum Gasteiger partial charge on any atom is -0.478 e. The molecule has 0 radical (unpaired) electrons. The van der Waals surface area contributed by atoms with E-state index in [0.29, 0.717) is 11.6 Å². The van der Waals surface area contributed by atoms with Crippen LogP contribution in [0.3, 0.4) is 0 Å².